The molecule has 3 atom stereocenters. The summed E-state index contributed by atoms with van der Waals surface area (Å²) in [5.74, 6) is -1.08. The summed E-state index contributed by atoms with van der Waals surface area (Å²) in [6, 6.07) is 0. The molecule has 0 saturated heterocycles. The molecule has 0 aliphatic carbocycles. The van der Waals surface area contributed by atoms with Gasteiger partial charge in [0, 0.05) is 6.42 Å². The van der Waals surface area contributed by atoms with Crippen LogP contribution < -0.4 is 0 Å². The molecule has 0 rings (SSSR count). The van der Waals surface area contributed by atoms with Crippen LogP contribution in [0.15, 0.2) is 12.2 Å². The van der Waals surface area contributed by atoms with Crippen molar-refractivity contribution in [2.75, 3.05) is 47.5 Å². The number of carbonyl (C=O) groups excluding carboxylic acids is 2. The van der Waals surface area contributed by atoms with Crippen molar-refractivity contribution in [2.45, 2.75) is 194 Å². The minimum Gasteiger partial charge on any atom is -0.461 e. The molecule has 0 aromatic rings. The average molecular weight is 761 g/mol. The molecule has 308 valence electrons. The number of hydrogen-bond donors (Lipinski definition) is 1. The van der Waals surface area contributed by atoms with Gasteiger partial charge in [0.15, 0.2) is 6.10 Å². The Morgan fingerprint density at radius 3 is 1.62 bits per heavy atom. The molecule has 1 N–H and O–H groups in total. The van der Waals surface area contributed by atoms with E-state index in [9.17, 15) is 19.0 Å². The summed E-state index contributed by atoms with van der Waals surface area (Å²) in [5.41, 5.74) is 0. The van der Waals surface area contributed by atoms with Crippen molar-refractivity contribution in [3.05, 3.63) is 12.2 Å². The highest BCUT2D eigenvalue weighted by Gasteiger charge is 2.27. The Bertz CT molecular complexity index is 922. The van der Waals surface area contributed by atoms with Crippen LogP contribution in [-0.2, 0) is 32.7 Å². The molecule has 0 aliphatic rings. The third-order valence-electron chi connectivity index (χ3n) is 9.44. The van der Waals surface area contributed by atoms with E-state index in [1.54, 1.807) is 0 Å². The predicted octanol–water partition coefficient (Wildman–Crippen LogP) is 11.7. The Balaban J connectivity index is 4.51. The van der Waals surface area contributed by atoms with Gasteiger partial charge < -0.3 is 18.9 Å². The number of unbranched alkanes of at least 4 members (excludes halogenated alkanes) is 21. The van der Waals surface area contributed by atoms with Crippen molar-refractivity contribution in [3.63, 3.8) is 0 Å². The van der Waals surface area contributed by atoms with E-state index in [1.165, 1.54) is 103 Å². The molecule has 52 heavy (non-hydrogen) atoms. The van der Waals surface area contributed by atoms with Gasteiger partial charge in [-0.3, -0.25) is 18.6 Å². The summed E-state index contributed by atoms with van der Waals surface area (Å²) < 4.78 is 34.5. The minimum absolute atomic E-state index is 0.0305. The fourth-order valence-corrected chi connectivity index (χ4v) is 6.64. The van der Waals surface area contributed by atoms with Gasteiger partial charge >= 0.3 is 19.8 Å². The number of quaternary nitrogens is 1. The molecule has 9 nitrogen and oxygen atoms in total. The summed E-state index contributed by atoms with van der Waals surface area (Å²) in [7, 11) is 1.47. The number of rotatable bonds is 38. The van der Waals surface area contributed by atoms with E-state index in [-0.39, 0.29) is 31.5 Å². The second-order valence-corrected chi connectivity index (χ2v) is 17.4. The average Bonchev–Trinajstić information content (AvgIpc) is 3.09. The van der Waals surface area contributed by atoms with Gasteiger partial charge in [-0.25, -0.2) is 4.57 Å². The highest BCUT2D eigenvalue weighted by Crippen LogP contribution is 2.43. The Hall–Kier alpha value is -1.25. The van der Waals surface area contributed by atoms with Crippen LogP contribution in [0.25, 0.3) is 0 Å². The maximum Gasteiger partial charge on any atom is 0.472 e. The zero-order valence-corrected chi connectivity index (χ0v) is 35.6. The lowest BCUT2D eigenvalue weighted by atomic mass is 10.0. The quantitative estimate of drug-likeness (QED) is 0.0218. The Labute approximate surface area is 320 Å². The maximum absolute atomic E-state index is 12.8. The molecule has 0 fully saturated rings. The molecule has 0 radical (unpaired) electrons. The van der Waals surface area contributed by atoms with Crippen molar-refractivity contribution in [1.82, 2.24) is 0 Å². The number of nitrogens with zero attached hydrogens (tertiary/aromatic N) is 1. The summed E-state index contributed by atoms with van der Waals surface area (Å²) >= 11 is 0. The SMILES string of the molecule is CCCCCCCCC=CCCCCCCCC(=O)OC(COC(=O)C(C)CCCCCCCCCCCCC)COP(=O)(O)OCC[N+](C)(C)C. The lowest BCUT2D eigenvalue weighted by Crippen LogP contribution is -2.37. The van der Waals surface area contributed by atoms with Gasteiger partial charge in [-0.05, 0) is 38.5 Å². The first-order valence-electron chi connectivity index (χ1n) is 21.3. The molecule has 0 bridgehead atoms. The van der Waals surface area contributed by atoms with Crippen molar-refractivity contribution in [1.29, 1.82) is 0 Å². The van der Waals surface area contributed by atoms with Crippen LogP contribution in [0.3, 0.4) is 0 Å². The number of hydrogen-bond acceptors (Lipinski definition) is 7. The summed E-state index contributed by atoms with van der Waals surface area (Å²) in [6.07, 6.45) is 33.5. The molecular formula is C42H83NO8P+. The molecule has 0 saturated carbocycles. The first-order valence-corrected chi connectivity index (χ1v) is 22.8. The molecule has 0 aromatic carbocycles. The number of phosphoric acid groups is 1. The summed E-state index contributed by atoms with van der Waals surface area (Å²) in [6.45, 7) is 6.25. The largest absolute Gasteiger partial charge is 0.472 e. The van der Waals surface area contributed by atoms with Gasteiger partial charge in [-0.2, -0.15) is 0 Å². The highest BCUT2D eigenvalue weighted by atomic mass is 31.2. The van der Waals surface area contributed by atoms with Crippen molar-refractivity contribution < 1.29 is 42.1 Å². The third kappa shape index (κ3) is 35.8. The Kier molecular flexibility index (Phi) is 33.4. The lowest BCUT2D eigenvalue weighted by Gasteiger charge is -2.24. The van der Waals surface area contributed by atoms with Crippen LogP contribution in [0.5, 0.6) is 0 Å². The highest BCUT2D eigenvalue weighted by molar-refractivity contribution is 7.47. The van der Waals surface area contributed by atoms with Gasteiger partial charge in [0.05, 0.1) is 33.7 Å². The molecule has 0 aromatic heterocycles. The lowest BCUT2D eigenvalue weighted by molar-refractivity contribution is -0.870. The van der Waals surface area contributed by atoms with Crippen LogP contribution in [0.4, 0.5) is 0 Å². The van der Waals surface area contributed by atoms with E-state index >= 15 is 0 Å². The van der Waals surface area contributed by atoms with Crippen LogP contribution in [-0.4, -0.2) is 74.9 Å². The smallest absolute Gasteiger partial charge is 0.461 e. The zero-order chi connectivity index (χ0) is 38.8. The number of carbonyl (C=O) groups is 2. The second-order valence-electron chi connectivity index (χ2n) is 15.9. The van der Waals surface area contributed by atoms with Crippen LogP contribution in [0.2, 0.25) is 0 Å². The van der Waals surface area contributed by atoms with Gasteiger partial charge in [-0.1, -0.05) is 155 Å². The second kappa shape index (κ2) is 34.3. The number of phosphoric ester groups is 1. The van der Waals surface area contributed by atoms with E-state index in [0.29, 0.717) is 17.4 Å². The van der Waals surface area contributed by atoms with Crippen molar-refractivity contribution in [2.24, 2.45) is 5.92 Å². The van der Waals surface area contributed by atoms with Crippen LogP contribution in [0, 0.1) is 5.92 Å². The van der Waals surface area contributed by atoms with E-state index in [0.717, 1.165) is 51.4 Å². The minimum atomic E-state index is -4.38. The molecular weight excluding hydrogens is 677 g/mol. The maximum atomic E-state index is 12.8. The summed E-state index contributed by atoms with van der Waals surface area (Å²) in [4.78, 5) is 35.7. The fraction of sp³-hybridized carbons (Fsp3) is 0.905. The van der Waals surface area contributed by atoms with Gasteiger partial charge in [0.25, 0.3) is 0 Å². The van der Waals surface area contributed by atoms with Gasteiger partial charge in [0.2, 0.25) is 0 Å². The number of ether oxygens (including phenoxy) is 2. The number of esters is 2. The fourth-order valence-electron chi connectivity index (χ4n) is 5.90. The predicted molar refractivity (Wildman–Crippen MR) is 215 cm³/mol. The van der Waals surface area contributed by atoms with E-state index in [2.05, 4.69) is 26.0 Å². The van der Waals surface area contributed by atoms with Crippen molar-refractivity contribution >= 4 is 19.8 Å². The first kappa shape index (κ1) is 50.8. The molecule has 0 spiro atoms. The molecule has 0 aliphatic heterocycles. The Morgan fingerprint density at radius 2 is 1.12 bits per heavy atom. The number of likely N-dealkylation sites (N-methyl/N-ethyl adjacent to an activating group) is 1. The van der Waals surface area contributed by atoms with E-state index in [4.69, 9.17) is 18.5 Å². The van der Waals surface area contributed by atoms with Gasteiger partial charge in [0.1, 0.15) is 19.8 Å². The standard InChI is InChI=1S/C42H82NO8P/c1-7-9-11-13-15-17-19-20-21-22-24-26-28-30-32-34-41(44)51-40(38-50-52(46,47)49-36-35-43(4,5)6)37-48-42(45)39(3)33-31-29-27-25-23-18-16-14-12-10-8-2/h20-21,39-40H,7-19,22-38H2,1-6H3/p+1. The number of allylic oxidation sites excluding steroid dienone is 2. The topological polar surface area (TPSA) is 108 Å². The van der Waals surface area contributed by atoms with Crippen LogP contribution in [0.1, 0.15) is 188 Å². The molecule has 0 amide bonds. The van der Waals surface area contributed by atoms with Crippen molar-refractivity contribution in [3.8, 4) is 0 Å². The third-order valence-corrected chi connectivity index (χ3v) is 10.4. The normalized spacial score (nSPS) is 14.4. The first-order chi connectivity index (χ1) is 24.9. The Morgan fingerprint density at radius 1 is 0.654 bits per heavy atom. The van der Waals surface area contributed by atoms with E-state index in [1.807, 2.05) is 28.1 Å². The van der Waals surface area contributed by atoms with E-state index < -0.39 is 26.5 Å². The molecule has 10 heteroatoms. The molecule has 3 unspecified atom stereocenters. The summed E-state index contributed by atoms with van der Waals surface area (Å²) in [5, 5.41) is 0. The zero-order valence-electron chi connectivity index (χ0n) is 34.7. The van der Waals surface area contributed by atoms with Gasteiger partial charge in [-0.15, -0.1) is 0 Å². The monoisotopic (exact) mass is 761 g/mol. The van der Waals surface area contributed by atoms with Crippen LogP contribution >= 0.6 is 7.82 Å². The molecule has 0 heterocycles.